The largest absolute Gasteiger partial charge is 0.352 e. The molecular formula is C22H27ClN2O2S. The minimum atomic E-state index is -0.572. The monoisotopic (exact) mass is 418 g/mol. The summed E-state index contributed by atoms with van der Waals surface area (Å²) in [7, 11) is 0. The molecule has 6 heteroatoms. The van der Waals surface area contributed by atoms with E-state index in [1.807, 2.05) is 62.4 Å². The molecule has 0 heterocycles. The van der Waals surface area contributed by atoms with E-state index >= 15 is 0 Å². The van der Waals surface area contributed by atoms with E-state index in [0.717, 1.165) is 16.9 Å². The number of halogens is 1. The molecule has 0 bridgehead atoms. The lowest BCUT2D eigenvalue weighted by molar-refractivity contribution is -0.138. The average molecular weight is 419 g/mol. The van der Waals surface area contributed by atoms with Gasteiger partial charge in [0.15, 0.2) is 0 Å². The summed E-state index contributed by atoms with van der Waals surface area (Å²) in [6.07, 6.45) is 0.838. The van der Waals surface area contributed by atoms with Crippen LogP contribution in [0.15, 0.2) is 59.5 Å². The molecule has 28 heavy (non-hydrogen) atoms. The molecule has 2 atom stereocenters. The maximum Gasteiger partial charge on any atom is 0.242 e. The normalized spacial score (nSPS) is 12.9. The molecule has 0 fully saturated rings. The molecule has 2 amide bonds. The van der Waals surface area contributed by atoms with Gasteiger partial charge in [-0.2, -0.15) is 0 Å². The van der Waals surface area contributed by atoms with Crippen molar-refractivity contribution in [2.45, 2.75) is 50.7 Å². The first-order valence-corrected chi connectivity index (χ1v) is 10.8. The summed E-state index contributed by atoms with van der Waals surface area (Å²) >= 11 is 7.56. The van der Waals surface area contributed by atoms with Gasteiger partial charge in [-0.15, -0.1) is 11.8 Å². The Balaban J connectivity index is 2.14. The molecule has 0 aliphatic heterocycles. The van der Waals surface area contributed by atoms with E-state index in [2.05, 4.69) is 5.32 Å². The van der Waals surface area contributed by atoms with E-state index in [-0.39, 0.29) is 23.6 Å². The van der Waals surface area contributed by atoms with Crippen molar-refractivity contribution in [2.75, 3.05) is 5.75 Å². The molecule has 1 N–H and O–H groups in total. The van der Waals surface area contributed by atoms with Gasteiger partial charge in [-0.25, -0.2) is 0 Å². The standard InChI is InChI=1S/C22H27ClN2O2S/c1-4-16(2)24-22(27)17(3)25(14-18-9-8-10-19(23)13-18)21(26)15-28-20-11-6-5-7-12-20/h5-13,16-17H,4,14-15H2,1-3H3,(H,24,27). The Morgan fingerprint density at radius 3 is 2.46 bits per heavy atom. The maximum atomic E-state index is 13.0. The Hall–Kier alpha value is -1.98. The van der Waals surface area contributed by atoms with Crippen molar-refractivity contribution in [3.63, 3.8) is 0 Å². The average Bonchev–Trinajstić information content (AvgIpc) is 2.70. The first kappa shape index (κ1) is 22.3. The van der Waals surface area contributed by atoms with E-state index in [0.29, 0.717) is 11.6 Å². The minimum absolute atomic E-state index is 0.0664. The summed E-state index contributed by atoms with van der Waals surface area (Å²) in [6, 6.07) is 16.6. The van der Waals surface area contributed by atoms with Crippen molar-refractivity contribution in [3.8, 4) is 0 Å². The van der Waals surface area contributed by atoms with Gasteiger partial charge in [0.25, 0.3) is 0 Å². The van der Waals surface area contributed by atoms with Crippen LogP contribution >= 0.6 is 23.4 Å². The third-order valence-corrected chi connectivity index (χ3v) is 5.75. The third-order valence-electron chi connectivity index (χ3n) is 4.52. The van der Waals surface area contributed by atoms with Gasteiger partial charge in [0.2, 0.25) is 11.8 Å². The second-order valence-corrected chi connectivity index (χ2v) is 8.23. The van der Waals surface area contributed by atoms with Gasteiger partial charge >= 0.3 is 0 Å². The number of nitrogens with one attached hydrogen (secondary N) is 1. The maximum absolute atomic E-state index is 13.0. The van der Waals surface area contributed by atoms with Crippen LogP contribution in [0.4, 0.5) is 0 Å². The lowest BCUT2D eigenvalue weighted by Crippen LogP contribution is -2.50. The smallest absolute Gasteiger partial charge is 0.242 e. The van der Waals surface area contributed by atoms with Crippen molar-refractivity contribution >= 4 is 35.2 Å². The predicted octanol–water partition coefficient (Wildman–Crippen LogP) is 4.76. The van der Waals surface area contributed by atoms with Crippen molar-refractivity contribution in [3.05, 3.63) is 65.2 Å². The van der Waals surface area contributed by atoms with E-state index in [1.165, 1.54) is 11.8 Å². The summed E-state index contributed by atoms with van der Waals surface area (Å²) in [5.74, 6) is 0.0426. The number of benzene rings is 2. The number of hydrogen-bond acceptors (Lipinski definition) is 3. The molecule has 2 unspecified atom stereocenters. The molecule has 0 spiro atoms. The molecule has 4 nitrogen and oxygen atoms in total. The lowest BCUT2D eigenvalue weighted by Gasteiger charge is -2.29. The molecule has 150 valence electrons. The fourth-order valence-corrected chi connectivity index (χ4v) is 3.64. The zero-order valence-corrected chi connectivity index (χ0v) is 18.1. The highest BCUT2D eigenvalue weighted by Gasteiger charge is 2.26. The van der Waals surface area contributed by atoms with Crippen LogP contribution in [0.2, 0.25) is 5.02 Å². The van der Waals surface area contributed by atoms with Gasteiger partial charge in [0.05, 0.1) is 5.75 Å². The predicted molar refractivity (Wildman–Crippen MR) is 117 cm³/mol. The van der Waals surface area contributed by atoms with Crippen molar-refractivity contribution in [1.29, 1.82) is 0 Å². The summed E-state index contributed by atoms with van der Waals surface area (Å²) < 4.78 is 0. The summed E-state index contributed by atoms with van der Waals surface area (Å²) in [5.41, 5.74) is 0.897. The molecule has 2 rings (SSSR count). The lowest BCUT2D eigenvalue weighted by atomic mass is 10.1. The molecule has 0 saturated carbocycles. The van der Waals surface area contributed by atoms with Crippen LogP contribution in [-0.4, -0.2) is 34.6 Å². The van der Waals surface area contributed by atoms with E-state index in [9.17, 15) is 9.59 Å². The summed E-state index contributed by atoms with van der Waals surface area (Å²) in [4.78, 5) is 28.3. The SMILES string of the molecule is CCC(C)NC(=O)C(C)N(Cc1cccc(Cl)c1)C(=O)CSc1ccccc1. The highest BCUT2D eigenvalue weighted by Crippen LogP contribution is 2.20. The van der Waals surface area contributed by atoms with Gasteiger partial charge in [-0.3, -0.25) is 9.59 Å². The van der Waals surface area contributed by atoms with Crippen molar-refractivity contribution < 1.29 is 9.59 Å². The van der Waals surface area contributed by atoms with E-state index in [4.69, 9.17) is 11.6 Å². The van der Waals surface area contributed by atoms with Crippen molar-refractivity contribution in [2.24, 2.45) is 0 Å². The van der Waals surface area contributed by atoms with Crippen molar-refractivity contribution in [1.82, 2.24) is 10.2 Å². The second kappa shape index (κ2) is 11.1. The van der Waals surface area contributed by atoms with Gasteiger partial charge in [0, 0.05) is 22.5 Å². The van der Waals surface area contributed by atoms with E-state index < -0.39 is 6.04 Å². The quantitative estimate of drug-likeness (QED) is 0.597. The Labute approximate surface area is 176 Å². The van der Waals surface area contributed by atoms with E-state index in [1.54, 1.807) is 17.9 Å². The van der Waals surface area contributed by atoms with Gasteiger partial charge < -0.3 is 10.2 Å². The van der Waals surface area contributed by atoms with Crippen LogP contribution in [0.3, 0.4) is 0 Å². The minimum Gasteiger partial charge on any atom is -0.352 e. The molecular weight excluding hydrogens is 392 g/mol. The van der Waals surface area contributed by atoms with Gasteiger partial charge in [-0.1, -0.05) is 48.9 Å². The number of hydrogen-bond donors (Lipinski definition) is 1. The summed E-state index contributed by atoms with van der Waals surface area (Å²) in [6.45, 7) is 6.08. The fraction of sp³-hybridized carbons (Fsp3) is 0.364. The Kier molecular flexibility index (Phi) is 8.87. The first-order valence-electron chi connectivity index (χ1n) is 9.42. The van der Waals surface area contributed by atoms with Gasteiger partial charge in [0.1, 0.15) is 6.04 Å². The number of carbonyl (C=O) groups excluding carboxylic acids is 2. The molecule has 0 saturated heterocycles. The third kappa shape index (κ3) is 6.88. The molecule has 2 aromatic carbocycles. The molecule has 0 aliphatic rings. The Morgan fingerprint density at radius 1 is 1.11 bits per heavy atom. The van der Waals surface area contributed by atoms with Crippen LogP contribution in [-0.2, 0) is 16.1 Å². The topological polar surface area (TPSA) is 49.4 Å². The zero-order valence-electron chi connectivity index (χ0n) is 16.5. The van der Waals surface area contributed by atoms with Crippen LogP contribution in [0.1, 0.15) is 32.8 Å². The van der Waals surface area contributed by atoms with Crippen LogP contribution in [0, 0.1) is 0 Å². The molecule has 0 radical (unpaired) electrons. The number of amides is 2. The van der Waals surface area contributed by atoms with Crippen LogP contribution in [0.5, 0.6) is 0 Å². The highest BCUT2D eigenvalue weighted by atomic mass is 35.5. The second-order valence-electron chi connectivity index (χ2n) is 6.75. The summed E-state index contributed by atoms with van der Waals surface area (Å²) in [5, 5.41) is 3.58. The molecule has 2 aromatic rings. The van der Waals surface area contributed by atoms with Crippen LogP contribution < -0.4 is 5.32 Å². The molecule has 0 aliphatic carbocycles. The van der Waals surface area contributed by atoms with Gasteiger partial charge in [-0.05, 0) is 50.1 Å². The fourth-order valence-electron chi connectivity index (χ4n) is 2.62. The number of rotatable bonds is 9. The van der Waals surface area contributed by atoms with Crippen LogP contribution in [0.25, 0.3) is 0 Å². The number of nitrogens with zero attached hydrogens (tertiary/aromatic N) is 1. The zero-order chi connectivity index (χ0) is 20.5. The Bertz CT molecular complexity index is 785. The molecule has 0 aromatic heterocycles. The number of thioether (sulfide) groups is 1. The Morgan fingerprint density at radius 2 is 1.82 bits per heavy atom. The highest BCUT2D eigenvalue weighted by molar-refractivity contribution is 8.00. The first-order chi connectivity index (χ1) is 13.4. The number of carbonyl (C=O) groups is 2.